The number of nitro groups is 1. The number of rotatable bonds is 9. The highest BCUT2D eigenvalue weighted by Gasteiger charge is 2.18. The third kappa shape index (κ3) is 5.58. The number of aromatic nitrogens is 3. The van der Waals surface area contributed by atoms with Crippen LogP contribution in [0.25, 0.3) is 39.1 Å². The van der Waals surface area contributed by atoms with Crippen LogP contribution >= 0.6 is 0 Å². The van der Waals surface area contributed by atoms with E-state index in [4.69, 9.17) is 18.9 Å². The summed E-state index contributed by atoms with van der Waals surface area (Å²) in [4.78, 5) is 29.0. The predicted molar refractivity (Wildman–Crippen MR) is 183 cm³/mol. The third-order valence-electron chi connectivity index (χ3n) is 8.15. The molecule has 7 rings (SSSR count). The lowest BCUT2D eigenvalue weighted by molar-refractivity contribution is -0.384. The maximum atomic E-state index is 13.8. The van der Waals surface area contributed by atoms with Crippen LogP contribution in [0.4, 0.5) is 5.69 Å². The summed E-state index contributed by atoms with van der Waals surface area (Å²) < 4.78 is 20.9. The minimum absolute atomic E-state index is 0.0404. The van der Waals surface area contributed by atoms with E-state index in [1.807, 2.05) is 74.5 Å². The van der Waals surface area contributed by atoms with Gasteiger partial charge in [0.15, 0.2) is 5.76 Å². The topological polar surface area (TPSA) is 127 Å². The quantitative estimate of drug-likeness (QED) is 0.0904. The van der Waals surface area contributed by atoms with Crippen molar-refractivity contribution in [2.24, 2.45) is 5.10 Å². The Balaban J connectivity index is 1.19. The molecule has 11 heteroatoms. The number of hydrogen-bond donors (Lipinski definition) is 0. The first-order valence-electron chi connectivity index (χ1n) is 15.1. The van der Waals surface area contributed by atoms with E-state index >= 15 is 0 Å². The zero-order valence-corrected chi connectivity index (χ0v) is 26.3. The lowest BCUT2D eigenvalue weighted by Crippen LogP contribution is -2.20. The van der Waals surface area contributed by atoms with Gasteiger partial charge < -0.3 is 18.5 Å². The van der Waals surface area contributed by atoms with E-state index < -0.39 is 4.92 Å². The Morgan fingerprint density at radius 3 is 2.46 bits per heavy atom. The minimum Gasteiger partial charge on any atom is -0.496 e. The zero-order valence-electron chi connectivity index (χ0n) is 26.3. The Morgan fingerprint density at radius 2 is 1.71 bits per heavy atom. The molecule has 0 unspecified atom stereocenters. The Labute approximate surface area is 274 Å². The number of aryl methyl sites for hydroxylation is 1. The van der Waals surface area contributed by atoms with Crippen molar-refractivity contribution in [1.29, 1.82) is 0 Å². The minimum atomic E-state index is -0.427. The summed E-state index contributed by atoms with van der Waals surface area (Å²) in [5, 5.41) is 16.8. The monoisotopic (exact) mass is 639 g/mol. The van der Waals surface area contributed by atoms with Crippen LogP contribution in [0, 0.1) is 24.0 Å². The molecule has 0 atom stereocenters. The number of benzene rings is 4. The van der Waals surface area contributed by atoms with Crippen LogP contribution in [-0.4, -0.2) is 32.5 Å². The van der Waals surface area contributed by atoms with E-state index in [9.17, 15) is 14.9 Å². The zero-order chi connectivity index (χ0) is 33.4. The maximum Gasteiger partial charge on any atom is 0.282 e. The summed E-state index contributed by atoms with van der Waals surface area (Å²) in [7, 11) is 1.60. The van der Waals surface area contributed by atoms with Gasteiger partial charge in [-0.15, -0.1) is 0 Å². The van der Waals surface area contributed by atoms with Crippen LogP contribution in [0.15, 0.2) is 117 Å². The summed E-state index contributed by atoms with van der Waals surface area (Å²) in [6.45, 7) is 4.27. The molecular formula is C37H29N5O6. The van der Waals surface area contributed by atoms with E-state index in [1.54, 1.807) is 43.7 Å². The largest absolute Gasteiger partial charge is 0.496 e. The summed E-state index contributed by atoms with van der Waals surface area (Å²) in [5.74, 6) is 1.97. The molecule has 0 radical (unpaired) electrons. The number of hydrogen-bond acceptors (Lipinski definition) is 8. The molecule has 4 aromatic carbocycles. The molecule has 0 amide bonds. The fourth-order valence-corrected chi connectivity index (χ4v) is 5.72. The van der Waals surface area contributed by atoms with Gasteiger partial charge in [0.2, 0.25) is 5.82 Å². The smallest absolute Gasteiger partial charge is 0.282 e. The van der Waals surface area contributed by atoms with Gasteiger partial charge in [0, 0.05) is 34.8 Å². The molecular weight excluding hydrogens is 610 g/mol. The Bertz CT molecular complexity index is 2400. The fourth-order valence-electron chi connectivity index (χ4n) is 5.72. The molecule has 0 saturated carbocycles. The van der Waals surface area contributed by atoms with Gasteiger partial charge in [-0.1, -0.05) is 18.2 Å². The number of methoxy groups -OCH3 is 1. The number of non-ortho nitro benzene ring substituents is 1. The summed E-state index contributed by atoms with van der Waals surface area (Å²) in [6, 6.07) is 30.4. The summed E-state index contributed by atoms with van der Waals surface area (Å²) in [6.07, 6.45) is 1.66. The van der Waals surface area contributed by atoms with Crippen molar-refractivity contribution < 1.29 is 18.8 Å². The predicted octanol–water partition coefficient (Wildman–Crippen LogP) is 7.60. The highest BCUT2D eigenvalue weighted by atomic mass is 16.6. The van der Waals surface area contributed by atoms with Gasteiger partial charge in [0.1, 0.15) is 23.7 Å². The van der Waals surface area contributed by atoms with E-state index in [0.717, 1.165) is 33.6 Å². The first-order chi connectivity index (χ1) is 23.3. The second-order valence-corrected chi connectivity index (χ2v) is 11.2. The second-order valence-electron chi connectivity index (χ2n) is 11.2. The number of ether oxygens (including phenoxy) is 2. The van der Waals surface area contributed by atoms with Gasteiger partial charge in [-0.2, -0.15) is 9.78 Å². The number of fused-ring (bicyclic) bond motifs is 2. The molecule has 0 aliphatic heterocycles. The molecule has 0 spiro atoms. The van der Waals surface area contributed by atoms with Crippen LogP contribution in [0.5, 0.6) is 11.5 Å². The molecule has 48 heavy (non-hydrogen) atoms. The van der Waals surface area contributed by atoms with E-state index in [2.05, 4.69) is 9.67 Å². The van der Waals surface area contributed by atoms with Crippen LogP contribution in [-0.2, 0) is 6.61 Å². The van der Waals surface area contributed by atoms with Crippen LogP contribution in [0.1, 0.15) is 22.5 Å². The highest BCUT2D eigenvalue weighted by Crippen LogP contribution is 2.33. The molecule has 0 aliphatic carbocycles. The van der Waals surface area contributed by atoms with Gasteiger partial charge in [-0.3, -0.25) is 14.9 Å². The van der Waals surface area contributed by atoms with Crippen LogP contribution in [0.3, 0.4) is 0 Å². The molecule has 3 aromatic heterocycles. The van der Waals surface area contributed by atoms with Crippen molar-refractivity contribution in [3.63, 3.8) is 0 Å². The molecule has 0 bridgehead atoms. The average Bonchev–Trinajstić information content (AvgIpc) is 3.67. The van der Waals surface area contributed by atoms with Crippen molar-refractivity contribution in [2.45, 2.75) is 20.5 Å². The third-order valence-corrected chi connectivity index (χ3v) is 8.15. The average molecular weight is 640 g/mol. The van der Waals surface area contributed by atoms with E-state index in [-0.39, 0.29) is 23.7 Å². The second kappa shape index (κ2) is 12.4. The SMILES string of the molecule is COc1cccc2oc(-c3nc4ccccc4c(=O)n3N=Cc3cc(C)n(-c4ccc(OCc5ccc([N+](=O)[O-])cc5)cc4)c3C)cc12. The van der Waals surface area contributed by atoms with Gasteiger partial charge >= 0.3 is 0 Å². The lowest BCUT2D eigenvalue weighted by atomic mass is 10.2. The molecule has 0 aliphatic rings. The van der Waals surface area contributed by atoms with Gasteiger partial charge in [-0.05, 0) is 92.2 Å². The Morgan fingerprint density at radius 1 is 0.938 bits per heavy atom. The van der Waals surface area contributed by atoms with Gasteiger partial charge in [0.05, 0.1) is 34.5 Å². The Hall–Kier alpha value is -6.49. The molecule has 0 N–H and O–H groups in total. The van der Waals surface area contributed by atoms with Crippen molar-refractivity contribution in [3.05, 3.63) is 146 Å². The van der Waals surface area contributed by atoms with Crippen molar-refractivity contribution >= 4 is 33.8 Å². The van der Waals surface area contributed by atoms with Crippen molar-refractivity contribution in [3.8, 4) is 28.8 Å². The fraction of sp³-hybridized carbons (Fsp3) is 0.108. The first-order valence-corrected chi connectivity index (χ1v) is 15.1. The maximum absolute atomic E-state index is 13.8. The van der Waals surface area contributed by atoms with Crippen molar-refractivity contribution in [2.75, 3.05) is 7.11 Å². The van der Waals surface area contributed by atoms with E-state index in [1.165, 1.54) is 16.8 Å². The number of nitro benzene ring substituents is 1. The molecule has 238 valence electrons. The highest BCUT2D eigenvalue weighted by molar-refractivity contribution is 5.89. The van der Waals surface area contributed by atoms with Gasteiger partial charge in [-0.25, -0.2) is 4.98 Å². The Kier molecular flexibility index (Phi) is 7.78. The molecule has 0 saturated heterocycles. The standard InChI is InChI=1S/C37H29N5O6/c1-23-19-26(24(2)40(23)27-15-17-29(18-16-27)47-22-25-11-13-28(14-12-25)42(44)45)21-38-41-36(39-32-8-5-4-7-30(32)37(41)43)35-20-31-33(46-3)9-6-10-34(31)48-35/h4-21H,22H2,1-3H3. The number of nitrogens with zero attached hydrogens (tertiary/aromatic N) is 5. The summed E-state index contributed by atoms with van der Waals surface area (Å²) >= 11 is 0. The van der Waals surface area contributed by atoms with Crippen LogP contribution in [0.2, 0.25) is 0 Å². The van der Waals surface area contributed by atoms with Crippen LogP contribution < -0.4 is 15.0 Å². The molecule has 7 aromatic rings. The normalized spacial score (nSPS) is 11.5. The first kappa shape index (κ1) is 30.2. The molecule has 11 nitrogen and oxygen atoms in total. The number of para-hydroxylation sites is 1. The van der Waals surface area contributed by atoms with Crippen molar-refractivity contribution in [1.82, 2.24) is 14.2 Å². The molecule has 3 heterocycles. The molecule has 0 fully saturated rings. The number of furan rings is 1. The summed E-state index contributed by atoms with van der Waals surface area (Å²) in [5.41, 5.74) is 5.33. The lowest BCUT2D eigenvalue weighted by Gasteiger charge is -2.11. The van der Waals surface area contributed by atoms with Gasteiger partial charge in [0.25, 0.3) is 11.2 Å². The van der Waals surface area contributed by atoms with E-state index in [0.29, 0.717) is 33.7 Å².